The van der Waals surface area contributed by atoms with Gasteiger partial charge in [-0.15, -0.1) is 0 Å². The number of carbonyl (C=O) groups excluding carboxylic acids is 2. The van der Waals surface area contributed by atoms with Crippen LogP contribution in [-0.2, 0) is 4.79 Å². The van der Waals surface area contributed by atoms with Gasteiger partial charge in [0.1, 0.15) is 11.5 Å². The van der Waals surface area contributed by atoms with E-state index in [9.17, 15) is 9.59 Å². The number of amides is 1. The molecule has 0 bridgehead atoms. The first-order chi connectivity index (χ1) is 16.8. The van der Waals surface area contributed by atoms with Gasteiger partial charge in [-0.1, -0.05) is 31.9 Å². The molecule has 8 nitrogen and oxygen atoms in total. The van der Waals surface area contributed by atoms with Crippen LogP contribution >= 0.6 is 31.9 Å². The molecular formula is C25H22Br2N2O6. The van der Waals surface area contributed by atoms with Crippen LogP contribution in [-0.4, -0.2) is 38.4 Å². The van der Waals surface area contributed by atoms with Crippen LogP contribution in [0.4, 0.5) is 0 Å². The first kappa shape index (κ1) is 26.2. The molecule has 0 saturated heterocycles. The maximum atomic E-state index is 12.7. The Kier molecular flexibility index (Phi) is 9.27. The second kappa shape index (κ2) is 12.4. The third-order valence-electron chi connectivity index (χ3n) is 4.67. The van der Waals surface area contributed by atoms with E-state index in [2.05, 4.69) is 42.4 Å². The molecule has 182 valence electrons. The zero-order chi connectivity index (χ0) is 25.4. The van der Waals surface area contributed by atoms with E-state index in [4.69, 9.17) is 18.9 Å². The third kappa shape index (κ3) is 7.30. The van der Waals surface area contributed by atoms with E-state index in [0.29, 0.717) is 22.8 Å². The van der Waals surface area contributed by atoms with Gasteiger partial charge in [0.05, 0.1) is 26.0 Å². The molecule has 3 rings (SSSR count). The lowest BCUT2D eigenvalue weighted by molar-refractivity contribution is -0.127. The third-order valence-corrected chi connectivity index (χ3v) is 5.69. The maximum Gasteiger partial charge on any atom is 0.343 e. The molecule has 35 heavy (non-hydrogen) atoms. The summed E-state index contributed by atoms with van der Waals surface area (Å²) in [7, 11) is 2.99. The van der Waals surface area contributed by atoms with Crippen LogP contribution in [0.1, 0.15) is 22.8 Å². The van der Waals surface area contributed by atoms with E-state index in [1.807, 2.05) is 12.1 Å². The molecule has 1 amide bonds. The van der Waals surface area contributed by atoms with Gasteiger partial charge in [0, 0.05) is 14.5 Å². The van der Waals surface area contributed by atoms with E-state index in [1.165, 1.54) is 26.5 Å². The number of nitrogens with one attached hydrogen (secondary N) is 1. The van der Waals surface area contributed by atoms with Crippen molar-refractivity contribution >= 4 is 50.0 Å². The average Bonchev–Trinajstić information content (AvgIpc) is 2.86. The molecule has 0 aliphatic heterocycles. The van der Waals surface area contributed by atoms with Crippen LogP contribution in [0.5, 0.6) is 23.0 Å². The Labute approximate surface area is 219 Å². The van der Waals surface area contributed by atoms with Crippen LogP contribution < -0.4 is 24.4 Å². The van der Waals surface area contributed by atoms with Crippen molar-refractivity contribution in [2.75, 3.05) is 14.2 Å². The summed E-state index contributed by atoms with van der Waals surface area (Å²) in [5.74, 6) is 0.671. The summed E-state index contributed by atoms with van der Waals surface area (Å²) in [4.78, 5) is 25.1. The van der Waals surface area contributed by atoms with Crippen molar-refractivity contribution in [2.45, 2.75) is 13.0 Å². The molecule has 3 aromatic rings. The van der Waals surface area contributed by atoms with Crippen molar-refractivity contribution in [3.63, 3.8) is 0 Å². The first-order valence-corrected chi connectivity index (χ1v) is 11.9. The number of esters is 1. The predicted octanol–water partition coefficient (Wildman–Crippen LogP) is 5.37. The number of ether oxygens (including phenoxy) is 4. The van der Waals surface area contributed by atoms with Gasteiger partial charge in [-0.3, -0.25) is 4.79 Å². The van der Waals surface area contributed by atoms with Gasteiger partial charge in [0.15, 0.2) is 17.6 Å². The highest BCUT2D eigenvalue weighted by molar-refractivity contribution is 9.10. The van der Waals surface area contributed by atoms with Crippen LogP contribution in [0.3, 0.4) is 0 Å². The standard InChI is InChI=1S/C25H22Br2N2O6/c1-15(34-20-8-5-18(26)6-9-20)24(30)29-28-14-17-12-19(27)7-11-21(17)35-25(31)16-4-10-22(32-2)23(13-16)33-3/h4-15H,1-3H3,(H,29,30)/b28-14+. The van der Waals surface area contributed by atoms with Gasteiger partial charge in [-0.25, -0.2) is 10.2 Å². The van der Waals surface area contributed by atoms with Gasteiger partial charge in [0.2, 0.25) is 0 Å². The van der Waals surface area contributed by atoms with E-state index in [0.717, 1.165) is 8.95 Å². The van der Waals surface area contributed by atoms with E-state index >= 15 is 0 Å². The number of benzene rings is 3. The number of halogens is 2. The molecule has 1 N–H and O–H groups in total. The average molecular weight is 606 g/mol. The molecule has 0 aromatic heterocycles. The Bertz CT molecular complexity index is 1230. The molecule has 0 aliphatic carbocycles. The quantitative estimate of drug-likeness (QED) is 0.153. The number of carbonyl (C=O) groups is 2. The fourth-order valence-electron chi connectivity index (χ4n) is 2.86. The Balaban J connectivity index is 1.68. The molecule has 0 aliphatic rings. The Morgan fingerprint density at radius 2 is 1.54 bits per heavy atom. The van der Waals surface area contributed by atoms with Crippen molar-refractivity contribution < 1.29 is 28.5 Å². The highest BCUT2D eigenvalue weighted by Gasteiger charge is 2.16. The Morgan fingerprint density at radius 3 is 2.23 bits per heavy atom. The summed E-state index contributed by atoms with van der Waals surface area (Å²) in [5, 5.41) is 3.99. The molecule has 0 spiro atoms. The van der Waals surface area contributed by atoms with Gasteiger partial charge in [0.25, 0.3) is 5.91 Å². The van der Waals surface area contributed by atoms with Crippen LogP contribution in [0, 0.1) is 0 Å². The second-order valence-corrected chi connectivity index (χ2v) is 8.92. The van der Waals surface area contributed by atoms with E-state index in [1.54, 1.807) is 49.4 Å². The van der Waals surface area contributed by atoms with Crippen molar-refractivity contribution in [1.29, 1.82) is 0 Å². The molecule has 0 radical (unpaired) electrons. The molecule has 10 heteroatoms. The lowest BCUT2D eigenvalue weighted by atomic mass is 10.2. The molecule has 1 unspecified atom stereocenters. The summed E-state index contributed by atoms with van der Waals surface area (Å²) in [6.07, 6.45) is 0.602. The number of rotatable bonds is 9. The number of hydrazone groups is 1. The summed E-state index contributed by atoms with van der Waals surface area (Å²) in [5.41, 5.74) is 3.18. The van der Waals surface area contributed by atoms with Crippen molar-refractivity contribution in [2.24, 2.45) is 5.10 Å². The van der Waals surface area contributed by atoms with Crippen LogP contribution in [0.2, 0.25) is 0 Å². The molecule has 0 heterocycles. The fraction of sp³-hybridized carbons (Fsp3) is 0.160. The number of hydrogen-bond acceptors (Lipinski definition) is 7. The summed E-state index contributed by atoms with van der Waals surface area (Å²) in [6.45, 7) is 1.61. The molecular weight excluding hydrogens is 584 g/mol. The van der Waals surface area contributed by atoms with Crippen LogP contribution in [0.15, 0.2) is 74.7 Å². The normalized spacial score (nSPS) is 11.6. The van der Waals surface area contributed by atoms with Gasteiger partial charge in [-0.2, -0.15) is 5.10 Å². The first-order valence-electron chi connectivity index (χ1n) is 10.3. The highest BCUT2D eigenvalue weighted by Crippen LogP contribution is 2.29. The van der Waals surface area contributed by atoms with Crippen molar-refractivity contribution in [3.8, 4) is 23.0 Å². The van der Waals surface area contributed by atoms with Crippen LogP contribution in [0.25, 0.3) is 0 Å². The predicted molar refractivity (Wildman–Crippen MR) is 139 cm³/mol. The topological polar surface area (TPSA) is 95.5 Å². The van der Waals surface area contributed by atoms with Crippen molar-refractivity contribution in [3.05, 3.63) is 80.7 Å². The van der Waals surface area contributed by atoms with Crippen molar-refractivity contribution in [1.82, 2.24) is 5.43 Å². The monoisotopic (exact) mass is 604 g/mol. The fourth-order valence-corrected chi connectivity index (χ4v) is 3.51. The Morgan fingerprint density at radius 1 is 0.886 bits per heavy atom. The number of nitrogens with zero attached hydrogens (tertiary/aromatic N) is 1. The summed E-state index contributed by atoms with van der Waals surface area (Å²) in [6, 6.07) is 16.9. The minimum atomic E-state index is -0.779. The lowest BCUT2D eigenvalue weighted by Crippen LogP contribution is -2.33. The number of methoxy groups -OCH3 is 2. The van der Waals surface area contributed by atoms with Gasteiger partial charge < -0.3 is 18.9 Å². The zero-order valence-corrected chi connectivity index (χ0v) is 22.3. The van der Waals surface area contributed by atoms with E-state index < -0.39 is 18.0 Å². The smallest absolute Gasteiger partial charge is 0.343 e. The highest BCUT2D eigenvalue weighted by atomic mass is 79.9. The molecule has 1 atom stereocenters. The number of hydrogen-bond donors (Lipinski definition) is 1. The summed E-state index contributed by atoms with van der Waals surface area (Å²) >= 11 is 6.73. The van der Waals surface area contributed by atoms with E-state index in [-0.39, 0.29) is 11.3 Å². The van der Waals surface area contributed by atoms with Gasteiger partial charge in [-0.05, 0) is 67.6 Å². The molecule has 3 aromatic carbocycles. The Hall–Kier alpha value is -3.37. The molecule has 0 fully saturated rings. The van der Waals surface area contributed by atoms with Gasteiger partial charge >= 0.3 is 5.97 Å². The molecule has 0 saturated carbocycles. The zero-order valence-electron chi connectivity index (χ0n) is 19.1. The lowest BCUT2D eigenvalue weighted by Gasteiger charge is -2.13. The SMILES string of the molecule is COc1ccc(C(=O)Oc2ccc(Br)cc2/C=N/NC(=O)C(C)Oc2ccc(Br)cc2)cc1OC. The minimum absolute atomic E-state index is 0.255. The maximum absolute atomic E-state index is 12.7. The minimum Gasteiger partial charge on any atom is -0.493 e. The second-order valence-electron chi connectivity index (χ2n) is 7.09. The largest absolute Gasteiger partial charge is 0.493 e. The summed E-state index contributed by atoms with van der Waals surface area (Å²) < 4.78 is 23.3.